The van der Waals surface area contributed by atoms with Crippen molar-refractivity contribution >= 4 is 17.3 Å². The second-order valence-electron chi connectivity index (χ2n) is 5.10. The second kappa shape index (κ2) is 4.97. The van der Waals surface area contributed by atoms with E-state index < -0.39 is 5.97 Å². The van der Waals surface area contributed by atoms with Gasteiger partial charge in [-0.25, -0.2) is 9.78 Å². The number of ether oxygens (including phenoxy) is 1. The van der Waals surface area contributed by atoms with Crippen molar-refractivity contribution in [2.45, 2.75) is 51.0 Å². The summed E-state index contributed by atoms with van der Waals surface area (Å²) in [7, 11) is 1.70. The average molecular weight is 269 g/mol. The Kier molecular flexibility index (Phi) is 3.73. The van der Waals surface area contributed by atoms with Gasteiger partial charge in [-0.1, -0.05) is 26.7 Å². The molecule has 2 rings (SSSR count). The topological polar surface area (TPSA) is 59.4 Å². The molecule has 1 heterocycles. The van der Waals surface area contributed by atoms with E-state index in [1.807, 2.05) is 13.8 Å². The van der Waals surface area contributed by atoms with Crippen LogP contribution in [0.2, 0.25) is 0 Å². The van der Waals surface area contributed by atoms with Gasteiger partial charge in [0.1, 0.15) is 15.5 Å². The molecule has 1 saturated carbocycles. The molecule has 1 N–H and O–H groups in total. The summed E-state index contributed by atoms with van der Waals surface area (Å²) >= 11 is 1.28. The number of aromatic nitrogens is 1. The minimum Gasteiger partial charge on any atom is -0.477 e. The fourth-order valence-electron chi connectivity index (χ4n) is 2.52. The number of nitrogens with zero attached hydrogens (tertiary/aromatic N) is 1. The van der Waals surface area contributed by atoms with Crippen molar-refractivity contribution < 1.29 is 14.6 Å². The van der Waals surface area contributed by atoms with E-state index in [9.17, 15) is 9.90 Å². The van der Waals surface area contributed by atoms with Crippen molar-refractivity contribution in [2.24, 2.45) is 0 Å². The molecule has 5 heteroatoms. The SMILES string of the molecule is COC1(c2nc(C(C)C)c(C(=O)O)s2)CCCC1. The molecule has 100 valence electrons. The number of carboxylic acids is 1. The van der Waals surface area contributed by atoms with Crippen molar-refractivity contribution in [3.05, 3.63) is 15.6 Å². The first-order chi connectivity index (χ1) is 8.50. The smallest absolute Gasteiger partial charge is 0.347 e. The number of hydrogen-bond donors (Lipinski definition) is 1. The Labute approximate surface area is 111 Å². The molecule has 1 aliphatic carbocycles. The van der Waals surface area contributed by atoms with E-state index in [1.165, 1.54) is 11.3 Å². The minimum absolute atomic E-state index is 0.122. The Morgan fingerprint density at radius 1 is 1.44 bits per heavy atom. The molecular formula is C13H19NO3S. The molecule has 0 atom stereocenters. The molecule has 0 unspecified atom stereocenters. The van der Waals surface area contributed by atoms with Crippen LogP contribution < -0.4 is 0 Å². The third-order valence-corrected chi connectivity index (χ3v) is 4.83. The van der Waals surface area contributed by atoms with E-state index in [-0.39, 0.29) is 11.5 Å². The van der Waals surface area contributed by atoms with Crippen molar-refractivity contribution in [3.8, 4) is 0 Å². The normalized spacial score (nSPS) is 18.4. The summed E-state index contributed by atoms with van der Waals surface area (Å²) in [5.74, 6) is -0.761. The molecule has 1 fully saturated rings. The quantitative estimate of drug-likeness (QED) is 0.910. The van der Waals surface area contributed by atoms with Gasteiger partial charge in [0.15, 0.2) is 0 Å². The highest BCUT2D eigenvalue weighted by molar-refractivity contribution is 7.13. The lowest BCUT2D eigenvalue weighted by Crippen LogP contribution is -2.24. The molecule has 1 aromatic heterocycles. The summed E-state index contributed by atoms with van der Waals surface area (Å²) in [4.78, 5) is 16.2. The van der Waals surface area contributed by atoms with Crippen LogP contribution in [0, 0.1) is 0 Å². The molecule has 1 aliphatic rings. The zero-order valence-electron chi connectivity index (χ0n) is 11.0. The van der Waals surface area contributed by atoms with Gasteiger partial charge in [-0.15, -0.1) is 11.3 Å². The fraction of sp³-hybridized carbons (Fsp3) is 0.692. The highest BCUT2D eigenvalue weighted by Gasteiger charge is 2.40. The molecular weight excluding hydrogens is 250 g/mol. The number of carbonyl (C=O) groups is 1. The number of thiazole rings is 1. The maximum atomic E-state index is 11.3. The van der Waals surface area contributed by atoms with Crippen LogP contribution in [0.4, 0.5) is 0 Å². The molecule has 0 amide bonds. The number of methoxy groups -OCH3 is 1. The van der Waals surface area contributed by atoms with Crippen molar-refractivity contribution in [2.75, 3.05) is 7.11 Å². The molecule has 0 aliphatic heterocycles. The Bertz CT molecular complexity index is 447. The van der Waals surface area contributed by atoms with Gasteiger partial charge < -0.3 is 9.84 Å². The summed E-state index contributed by atoms with van der Waals surface area (Å²) in [6.45, 7) is 3.94. The summed E-state index contributed by atoms with van der Waals surface area (Å²) in [5.41, 5.74) is 0.341. The van der Waals surface area contributed by atoms with Crippen molar-refractivity contribution in [1.29, 1.82) is 0 Å². The van der Waals surface area contributed by atoms with Crippen LogP contribution in [-0.4, -0.2) is 23.2 Å². The molecule has 0 bridgehead atoms. The van der Waals surface area contributed by atoms with Gasteiger partial charge in [0.2, 0.25) is 0 Å². The van der Waals surface area contributed by atoms with Crippen molar-refractivity contribution in [3.63, 3.8) is 0 Å². The highest BCUT2D eigenvalue weighted by Crippen LogP contribution is 2.44. The van der Waals surface area contributed by atoms with Crippen LogP contribution in [0.15, 0.2) is 0 Å². The van der Waals surface area contributed by atoms with Gasteiger partial charge >= 0.3 is 5.97 Å². The van der Waals surface area contributed by atoms with Gasteiger partial charge in [-0.05, 0) is 18.8 Å². The van der Waals surface area contributed by atoms with Crippen molar-refractivity contribution in [1.82, 2.24) is 4.98 Å². The van der Waals surface area contributed by atoms with E-state index in [2.05, 4.69) is 4.98 Å². The fourth-order valence-corrected chi connectivity index (χ4v) is 3.81. The van der Waals surface area contributed by atoms with Crippen LogP contribution in [-0.2, 0) is 10.3 Å². The number of hydrogen-bond acceptors (Lipinski definition) is 4. The molecule has 1 aromatic rings. The summed E-state index contributed by atoms with van der Waals surface area (Å²) < 4.78 is 5.67. The summed E-state index contributed by atoms with van der Waals surface area (Å²) in [6, 6.07) is 0. The third-order valence-electron chi connectivity index (χ3n) is 3.59. The van der Waals surface area contributed by atoms with Crippen LogP contribution >= 0.6 is 11.3 Å². The standard InChI is InChI=1S/C13H19NO3S/c1-8(2)9-10(11(15)16)18-12(14-9)13(17-3)6-4-5-7-13/h8H,4-7H2,1-3H3,(H,15,16). The van der Waals surface area contributed by atoms with Crippen LogP contribution in [0.5, 0.6) is 0 Å². The first-order valence-corrected chi connectivity index (χ1v) is 7.11. The van der Waals surface area contributed by atoms with E-state index in [0.29, 0.717) is 10.6 Å². The zero-order valence-corrected chi connectivity index (χ0v) is 11.8. The number of aromatic carboxylic acids is 1. The lowest BCUT2D eigenvalue weighted by atomic mass is 10.0. The van der Waals surface area contributed by atoms with E-state index >= 15 is 0 Å². The third kappa shape index (κ3) is 2.17. The number of carboxylic acid groups (broad SMARTS) is 1. The second-order valence-corrected chi connectivity index (χ2v) is 6.10. The predicted molar refractivity (Wildman–Crippen MR) is 70.3 cm³/mol. The Hall–Kier alpha value is -0.940. The van der Waals surface area contributed by atoms with Gasteiger partial charge in [-0.3, -0.25) is 0 Å². The zero-order chi connectivity index (χ0) is 13.3. The molecule has 18 heavy (non-hydrogen) atoms. The first kappa shape index (κ1) is 13.5. The number of rotatable bonds is 4. The van der Waals surface area contributed by atoms with Crippen LogP contribution in [0.25, 0.3) is 0 Å². The Balaban J connectivity index is 2.46. The van der Waals surface area contributed by atoms with Gasteiger partial charge in [0.25, 0.3) is 0 Å². The Morgan fingerprint density at radius 2 is 2.06 bits per heavy atom. The maximum absolute atomic E-state index is 11.3. The highest BCUT2D eigenvalue weighted by atomic mass is 32.1. The predicted octanol–water partition coefficient (Wildman–Crippen LogP) is 3.38. The lowest BCUT2D eigenvalue weighted by molar-refractivity contribution is -0.00898. The summed E-state index contributed by atoms with van der Waals surface area (Å²) in [5, 5.41) is 10.1. The molecule has 0 saturated heterocycles. The lowest BCUT2D eigenvalue weighted by Gasteiger charge is -2.24. The van der Waals surface area contributed by atoms with E-state index in [1.54, 1.807) is 7.11 Å². The Morgan fingerprint density at radius 3 is 2.44 bits per heavy atom. The summed E-state index contributed by atoms with van der Waals surface area (Å²) in [6.07, 6.45) is 4.11. The maximum Gasteiger partial charge on any atom is 0.347 e. The molecule has 0 spiro atoms. The van der Waals surface area contributed by atoms with Gasteiger partial charge in [-0.2, -0.15) is 0 Å². The molecule has 0 radical (unpaired) electrons. The van der Waals surface area contributed by atoms with Crippen LogP contribution in [0.3, 0.4) is 0 Å². The van der Waals surface area contributed by atoms with E-state index in [0.717, 1.165) is 30.7 Å². The molecule has 0 aromatic carbocycles. The average Bonchev–Trinajstić information content (AvgIpc) is 2.96. The monoisotopic (exact) mass is 269 g/mol. The van der Waals surface area contributed by atoms with Crippen LogP contribution in [0.1, 0.15) is 65.8 Å². The van der Waals surface area contributed by atoms with Gasteiger partial charge in [0.05, 0.1) is 5.69 Å². The van der Waals surface area contributed by atoms with Gasteiger partial charge in [0, 0.05) is 7.11 Å². The largest absolute Gasteiger partial charge is 0.477 e. The minimum atomic E-state index is -0.883. The van der Waals surface area contributed by atoms with E-state index in [4.69, 9.17) is 4.74 Å². The first-order valence-electron chi connectivity index (χ1n) is 6.30. The molecule has 4 nitrogen and oxygen atoms in total.